The molecule has 1 aromatic carbocycles. The average molecular weight is 385 g/mol. The van der Waals surface area contributed by atoms with Crippen LogP contribution in [0.2, 0.25) is 0 Å². The van der Waals surface area contributed by atoms with E-state index in [4.69, 9.17) is 0 Å². The maximum absolute atomic E-state index is 13.0. The molecule has 6 nitrogen and oxygen atoms in total. The third kappa shape index (κ3) is 5.52. The summed E-state index contributed by atoms with van der Waals surface area (Å²) in [5, 5.41) is 10.2. The first-order valence-corrected chi connectivity index (χ1v) is 9.92. The molecule has 152 valence electrons. The monoisotopic (exact) mass is 384 g/mol. The van der Waals surface area contributed by atoms with Crippen molar-refractivity contribution in [1.82, 2.24) is 14.9 Å². The van der Waals surface area contributed by atoms with Gasteiger partial charge in [-0.2, -0.15) is 0 Å². The number of hydrogen-bond donors (Lipinski definition) is 1. The number of likely N-dealkylation sites (N-methyl/N-ethyl adjacent to an activating group) is 2. The predicted molar refractivity (Wildman–Crippen MR) is 113 cm³/mol. The van der Waals surface area contributed by atoms with Crippen LogP contribution in [0.25, 0.3) is 0 Å². The zero-order chi connectivity index (χ0) is 20.7. The number of carbonyl (C=O) groups excluding carboxylic acids is 1. The van der Waals surface area contributed by atoms with Crippen molar-refractivity contribution >= 4 is 11.9 Å². The molecule has 1 aromatic heterocycles. The largest absolute Gasteiger partial charge is 0.384 e. The highest BCUT2D eigenvalue weighted by Crippen LogP contribution is 2.19. The van der Waals surface area contributed by atoms with Gasteiger partial charge in [-0.3, -0.25) is 4.79 Å². The number of amides is 1. The molecule has 1 heterocycles. The smallest absolute Gasteiger partial charge is 0.254 e. The van der Waals surface area contributed by atoms with Gasteiger partial charge in [0.1, 0.15) is 5.60 Å². The SMILES string of the molecule is CCCc1ccccc1C(=O)N(CC)CCN(C)c1nccc(C(C)(C)O)n1. The van der Waals surface area contributed by atoms with Gasteiger partial charge in [-0.15, -0.1) is 0 Å². The lowest BCUT2D eigenvalue weighted by molar-refractivity contribution is 0.0738. The van der Waals surface area contributed by atoms with Crippen molar-refractivity contribution in [1.29, 1.82) is 0 Å². The highest BCUT2D eigenvalue weighted by atomic mass is 16.3. The van der Waals surface area contributed by atoms with Gasteiger partial charge in [0.15, 0.2) is 0 Å². The fourth-order valence-electron chi connectivity index (χ4n) is 3.03. The van der Waals surface area contributed by atoms with Gasteiger partial charge in [-0.1, -0.05) is 31.5 Å². The number of aromatic nitrogens is 2. The van der Waals surface area contributed by atoms with Crippen molar-refractivity contribution in [3.8, 4) is 0 Å². The van der Waals surface area contributed by atoms with Gasteiger partial charge >= 0.3 is 0 Å². The van der Waals surface area contributed by atoms with Crippen molar-refractivity contribution < 1.29 is 9.90 Å². The van der Waals surface area contributed by atoms with E-state index in [-0.39, 0.29) is 5.91 Å². The number of aliphatic hydroxyl groups is 1. The maximum Gasteiger partial charge on any atom is 0.254 e. The Bertz CT molecular complexity index is 786. The Labute approximate surface area is 168 Å². The van der Waals surface area contributed by atoms with Gasteiger partial charge in [-0.25, -0.2) is 9.97 Å². The number of rotatable bonds is 9. The summed E-state index contributed by atoms with van der Waals surface area (Å²) in [4.78, 5) is 25.6. The van der Waals surface area contributed by atoms with E-state index in [1.807, 2.05) is 48.0 Å². The summed E-state index contributed by atoms with van der Waals surface area (Å²) in [6.45, 7) is 9.32. The van der Waals surface area contributed by atoms with E-state index in [0.29, 0.717) is 31.3 Å². The van der Waals surface area contributed by atoms with Gasteiger partial charge < -0.3 is 14.9 Å². The molecule has 6 heteroatoms. The fraction of sp³-hybridized carbons (Fsp3) is 0.500. The van der Waals surface area contributed by atoms with Gasteiger partial charge in [-0.05, 0) is 44.9 Å². The van der Waals surface area contributed by atoms with E-state index in [1.165, 1.54) is 0 Å². The summed E-state index contributed by atoms with van der Waals surface area (Å²) < 4.78 is 0. The lowest BCUT2D eigenvalue weighted by atomic mass is 10.0. The van der Waals surface area contributed by atoms with Crippen molar-refractivity contribution in [2.24, 2.45) is 0 Å². The highest BCUT2D eigenvalue weighted by Gasteiger charge is 2.20. The van der Waals surface area contributed by atoms with E-state index >= 15 is 0 Å². The van der Waals surface area contributed by atoms with Crippen molar-refractivity contribution in [3.63, 3.8) is 0 Å². The van der Waals surface area contributed by atoms with Gasteiger partial charge in [0.25, 0.3) is 5.91 Å². The standard InChI is InChI=1S/C22H32N4O2/c1-6-10-17-11-8-9-12-18(17)20(27)26(7-2)16-15-25(5)21-23-14-13-19(24-21)22(3,4)28/h8-9,11-14,28H,6-7,10,15-16H2,1-5H3. The number of aryl methyl sites for hydroxylation is 1. The third-order valence-electron chi connectivity index (χ3n) is 4.75. The Morgan fingerprint density at radius 3 is 2.50 bits per heavy atom. The van der Waals surface area contributed by atoms with E-state index in [2.05, 4.69) is 16.9 Å². The van der Waals surface area contributed by atoms with E-state index in [9.17, 15) is 9.90 Å². The van der Waals surface area contributed by atoms with E-state index < -0.39 is 5.60 Å². The predicted octanol–water partition coefficient (Wildman–Crippen LogP) is 3.26. The fourth-order valence-corrected chi connectivity index (χ4v) is 3.03. The maximum atomic E-state index is 13.0. The number of carbonyl (C=O) groups is 1. The Balaban J connectivity index is 2.09. The molecule has 1 amide bonds. The molecular weight excluding hydrogens is 352 g/mol. The van der Waals surface area contributed by atoms with Crippen LogP contribution in [0, 0.1) is 0 Å². The zero-order valence-electron chi connectivity index (χ0n) is 17.6. The molecule has 28 heavy (non-hydrogen) atoms. The second-order valence-corrected chi connectivity index (χ2v) is 7.51. The highest BCUT2D eigenvalue weighted by molar-refractivity contribution is 5.95. The Morgan fingerprint density at radius 2 is 1.86 bits per heavy atom. The van der Waals surface area contributed by atoms with Crippen molar-refractivity contribution in [3.05, 3.63) is 53.3 Å². The molecule has 0 aliphatic carbocycles. The molecule has 0 spiro atoms. The first-order chi connectivity index (χ1) is 13.3. The van der Waals surface area contributed by atoms with Crippen LogP contribution in [-0.2, 0) is 12.0 Å². The van der Waals surface area contributed by atoms with Crippen LogP contribution in [0.3, 0.4) is 0 Å². The van der Waals surface area contributed by atoms with E-state index in [0.717, 1.165) is 24.0 Å². The molecule has 0 aliphatic rings. The molecule has 2 aromatic rings. The van der Waals surface area contributed by atoms with Crippen LogP contribution in [0.5, 0.6) is 0 Å². The number of anilines is 1. The molecule has 0 saturated carbocycles. The van der Waals surface area contributed by atoms with Crippen molar-refractivity contribution in [2.75, 3.05) is 31.6 Å². The minimum absolute atomic E-state index is 0.0612. The average Bonchev–Trinajstić information content (AvgIpc) is 2.68. The molecule has 0 fully saturated rings. The minimum atomic E-state index is -1.02. The minimum Gasteiger partial charge on any atom is -0.384 e. The molecule has 0 bridgehead atoms. The molecule has 0 aliphatic heterocycles. The lowest BCUT2D eigenvalue weighted by Crippen LogP contribution is -2.38. The van der Waals surface area contributed by atoms with E-state index in [1.54, 1.807) is 26.1 Å². The molecular formula is C22H32N4O2. The number of nitrogens with zero attached hydrogens (tertiary/aromatic N) is 4. The molecule has 0 atom stereocenters. The first-order valence-electron chi connectivity index (χ1n) is 9.92. The second kappa shape index (κ2) is 9.64. The van der Waals surface area contributed by atoms with Crippen LogP contribution >= 0.6 is 0 Å². The Kier molecular flexibility index (Phi) is 7.52. The topological polar surface area (TPSA) is 69.6 Å². The van der Waals surface area contributed by atoms with Crippen LogP contribution in [0.4, 0.5) is 5.95 Å². The van der Waals surface area contributed by atoms with Gasteiger partial charge in [0.05, 0.1) is 5.69 Å². The van der Waals surface area contributed by atoms with Crippen LogP contribution in [0.1, 0.15) is 55.7 Å². The van der Waals surface area contributed by atoms with Crippen LogP contribution in [-0.4, -0.2) is 52.6 Å². The number of hydrogen-bond acceptors (Lipinski definition) is 5. The normalized spacial score (nSPS) is 11.4. The Hall–Kier alpha value is -2.47. The lowest BCUT2D eigenvalue weighted by Gasteiger charge is -2.26. The summed E-state index contributed by atoms with van der Waals surface area (Å²) in [6.07, 6.45) is 3.56. The van der Waals surface area contributed by atoms with Gasteiger partial charge in [0, 0.05) is 38.4 Å². The summed E-state index contributed by atoms with van der Waals surface area (Å²) in [6, 6.07) is 9.56. The molecule has 0 unspecified atom stereocenters. The Morgan fingerprint density at radius 1 is 1.14 bits per heavy atom. The third-order valence-corrected chi connectivity index (χ3v) is 4.75. The van der Waals surface area contributed by atoms with Crippen LogP contribution < -0.4 is 4.90 Å². The number of benzene rings is 1. The van der Waals surface area contributed by atoms with Crippen molar-refractivity contribution in [2.45, 2.75) is 46.1 Å². The zero-order valence-corrected chi connectivity index (χ0v) is 17.6. The molecule has 1 N–H and O–H groups in total. The summed E-state index contributed by atoms with van der Waals surface area (Å²) in [5.41, 5.74) is 1.44. The first kappa shape index (κ1) is 21.8. The molecule has 0 saturated heterocycles. The van der Waals surface area contributed by atoms with Crippen LogP contribution in [0.15, 0.2) is 36.5 Å². The quantitative estimate of drug-likeness (QED) is 0.719. The summed E-state index contributed by atoms with van der Waals surface area (Å²) in [7, 11) is 1.90. The van der Waals surface area contributed by atoms with Gasteiger partial charge in [0.2, 0.25) is 5.95 Å². The summed E-state index contributed by atoms with van der Waals surface area (Å²) in [5.74, 6) is 0.598. The molecule has 2 rings (SSSR count). The second-order valence-electron chi connectivity index (χ2n) is 7.51. The molecule has 0 radical (unpaired) electrons. The summed E-state index contributed by atoms with van der Waals surface area (Å²) >= 11 is 0.